The summed E-state index contributed by atoms with van der Waals surface area (Å²) in [5, 5.41) is 7.72. The molecule has 4 rings (SSSR count). The van der Waals surface area contributed by atoms with Crippen molar-refractivity contribution in [2.75, 3.05) is 18.4 Å². The van der Waals surface area contributed by atoms with E-state index in [-0.39, 0.29) is 5.91 Å². The van der Waals surface area contributed by atoms with Crippen molar-refractivity contribution in [1.82, 2.24) is 10.3 Å². The first-order valence-corrected chi connectivity index (χ1v) is 8.57. The number of piperidine rings is 1. The van der Waals surface area contributed by atoms with Crippen LogP contribution >= 0.6 is 11.3 Å². The lowest BCUT2D eigenvalue weighted by atomic mass is 9.97. The fourth-order valence-corrected chi connectivity index (χ4v) is 3.94. The average molecular weight is 327 g/mol. The Kier molecular flexibility index (Phi) is 3.85. The zero-order valence-corrected chi connectivity index (χ0v) is 13.4. The highest BCUT2D eigenvalue weighted by Crippen LogP contribution is 2.32. The minimum atomic E-state index is -0.179. The Morgan fingerprint density at radius 3 is 3.00 bits per heavy atom. The minimum Gasteiger partial charge on any atom is -0.463 e. The monoisotopic (exact) mass is 327 g/mol. The predicted octanol–water partition coefficient (Wildman–Crippen LogP) is 3.61. The largest absolute Gasteiger partial charge is 0.463 e. The summed E-state index contributed by atoms with van der Waals surface area (Å²) < 4.78 is 5.42. The maximum Gasteiger partial charge on any atom is 0.261 e. The van der Waals surface area contributed by atoms with Gasteiger partial charge in [0.1, 0.15) is 11.8 Å². The van der Waals surface area contributed by atoms with Crippen molar-refractivity contribution in [1.29, 1.82) is 0 Å². The van der Waals surface area contributed by atoms with Gasteiger partial charge in [-0.3, -0.25) is 10.1 Å². The number of rotatable bonds is 3. The number of aromatic nitrogens is 1. The SMILES string of the molecule is O=C(Nc1ncc(C2CCNCC2)s1)c1coc2ccccc12. The van der Waals surface area contributed by atoms with Crippen molar-refractivity contribution in [2.45, 2.75) is 18.8 Å². The third kappa shape index (κ3) is 2.87. The van der Waals surface area contributed by atoms with Crippen LogP contribution in [0.5, 0.6) is 0 Å². The van der Waals surface area contributed by atoms with Gasteiger partial charge in [-0.05, 0) is 37.9 Å². The van der Waals surface area contributed by atoms with Gasteiger partial charge in [-0.15, -0.1) is 11.3 Å². The van der Waals surface area contributed by atoms with Crippen molar-refractivity contribution < 1.29 is 9.21 Å². The van der Waals surface area contributed by atoms with Crippen molar-refractivity contribution >= 4 is 33.3 Å². The molecule has 3 aromatic rings. The highest BCUT2D eigenvalue weighted by molar-refractivity contribution is 7.15. The van der Waals surface area contributed by atoms with Crippen LogP contribution in [-0.4, -0.2) is 24.0 Å². The van der Waals surface area contributed by atoms with E-state index in [1.54, 1.807) is 11.3 Å². The number of para-hydroxylation sites is 1. The van der Waals surface area contributed by atoms with E-state index in [9.17, 15) is 4.79 Å². The summed E-state index contributed by atoms with van der Waals surface area (Å²) in [7, 11) is 0. The van der Waals surface area contributed by atoms with Gasteiger partial charge in [0.05, 0.1) is 5.56 Å². The molecule has 0 radical (unpaired) electrons. The summed E-state index contributed by atoms with van der Waals surface area (Å²) in [4.78, 5) is 18.1. The number of hydrogen-bond acceptors (Lipinski definition) is 5. The highest BCUT2D eigenvalue weighted by atomic mass is 32.1. The van der Waals surface area contributed by atoms with Gasteiger partial charge in [-0.1, -0.05) is 18.2 Å². The van der Waals surface area contributed by atoms with Crippen LogP contribution in [-0.2, 0) is 0 Å². The molecule has 118 valence electrons. The molecule has 2 N–H and O–H groups in total. The summed E-state index contributed by atoms with van der Waals surface area (Å²) in [6.45, 7) is 2.09. The Hall–Kier alpha value is -2.18. The Labute approximate surface area is 137 Å². The molecule has 0 aliphatic carbocycles. The first-order chi connectivity index (χ1) is 11.3. The second-order valence-electron chi connectivity index (χ2n) is 5.69. The molecule has 0 unspecified atom stereocenters. The molecule has 0 saturated carbocycles. The normalized spacial score (nSPS) is 15.8. The number of fused-ring (bicyclic) bond motifs is 1. The van der Waals surface area contributed by atoms with Crippen molar-refractivity contribution in [3.05, 3.63) is 47.2 Å². The molecule has 6 heteroatoms. The second kappa shape index (κ2) is 6.14. The number of furan rings is 1. The van der Waals surface area contributed by atoms with Crippen LogP contribution in [0.3, 0.4) is 0 Å². The number of nitrogens with zero attached hydrogens (tertiary/aromatic N) is 1. The predicted molar refractivity (Wildman–Crippen MR) is 91.1 cm³/mol. The molecule has 0 atom stereocenters. The summed E-state index contributed by atoms with van der Waals surface area (Å²) in [5.41, 5.74) is 1.26. The summed E-state index contributed by atoms with van der Waals surface area (Å²) in [5.74, 6) is 0.371. The summed E-state index contributed by atoms with van der Waals surface area (Å²) in [6, 6.07) is 7.52. The van der Waals surface area contributed by atoms with E-state index in [0.29, 0.717) is 22.2 Å². The highest BCUT2D eigenvalue weighted by Gasteiger charge is 2.19. The molecule has 1 aromatic carbocycles. The van der Waals surface area contributed by atoms with Gasteiger partial charge in [0.2, 0.25) is 0 Å². The molecule has 1 saturated heterocycles. The molecule has 5 nitrogen and oxygen atoms in total. The maximum atomic E-state index is 12.5. The molecule has 1 amide bonds. The summed E-state index contributed by atoms with van der Waals surface area (Å²) in [6.07, 6.45) is 5.65. The van der Waals surface area contributed by atoms with Gasteiger partial charge in [0.15, 0.2) is 5.13 Å². The van der Waals surface area contributed by atoms with Crippen LogP contribution in [0.2, 0.25) is 0 Å². The third-order valence-corrected chi connectivity index (χ3v) is 5.29. The molecule has 1 aliphatic heterocycles. The van der Waals surface area contributed by atoms with E-state index < -0.39 is 0 Å². The number of amides is 1. The van der Waals surface area contributed by atoms with Gasteiger partial charge >= 0.3 is 0 Å². The lowest BCUT2D eigenvalue weighted by Crippen LogP contribution is -2.26. The first-order valence-electron chi connectivity index (χ1n) is 7.75. The second-order valence-corrected chi connectivity index (χ2v) is 6.75. The van der Waals surface area contributed by atoms with E-state index in [0.717, 1.165) is 31.3 Å². The number of carbonyl (C=O) groups excluding carboxylic acids is 1. The Balaban J connectivity index is 1.51. The smallest absolute Gasteiger partial charge is 0.261 e. The molecular weight excluding hydrogens is 310 g/mol. The zero-order chi connectivity index (χ0) is 15.6. The van der Waals surface area contributed by atoms with Gasteiger partial charge < -0.3 is 9.73 Å². The Morgan fingerprint density at radius 1 is 1.30 bits per heavy atom. The minimum absolute atomic E-state index is 0.179. The topological polar surface area (TPSA) is 67.2 Å². The molecule has 1 fully saturated rings. The van der Waals surface area contributed by atoms with E-state index in [4.69, 9.17) is 4.42 Å². The van der Waals surface area contributed by atoms with Gasteiger partial charge in [0, 0.05) is 16.5 Å². The van der Waals surface area contributed by atoms with Crippen LogP contribution in [0.4, 0.5) is 5.13 Å². The number of hydrogen-bond donors (Lipinski definition) is 2. The fourth-order valence-electron chi connectivity index (χ4n) is 2.96. The zero-order valence-electron chi connectivity index (χ0n) is 12.5. The first kappa shape index (κ1) is 14.4. The molecule has 3 heterocycles. The van der Waals surface area contributed by atoms with Crippen molar-refractivity contribution in [3.8, 4) is 0 Å². The Bertz CT molecular complexity index is 833. The lowest BCUT2D eigenvalue weighted by Gasteiger charge is -2.20. The molecule has 23 heavy (non-hydrogen) atoms. The van der Waals surface area contributed by atoms with Gasteiger partial charge in [0.25, 0.3) is 5.91 Å². The maximum absolute atomic E-state index is 12.5. The van der Waals surface area contributed by atoms with Crippen LogP contribution in [0.25, 0.3) is 11.0 Å². The van der Waals surface area contributed by atoms with Crippen molar-refractivity contribution in [2.24, 2.45) is 0 Å². The quantitative estimate of drug-likeness (QED) is 0.771. The lowest BCUT2D eigenvalue weighted by molar-refractivity contribution is 0.102. The molecular formula is C17H17N3O2S. The van der Waals surface area contributed by atoms with Crippen LogP contribution in [0.1, 0.15) is 34.0 Å². The third-order valence-electron chi connectivity index (χ3n) is 4.21. The molecule has 0 spiro atoms. The van der Waals surface area contributed by atoms with E-state index in [2.05, 4.69) is 15.6 Å². The molecule has 2 aromatic heterocycles. The standard InChI is InChI=1S/C17H17N3O2S/c21-16(13-10-22-14-4-2-1-3-12(13)14)20-17-19-9-15(23-17)11-5-7-18-8-6-11/h1-4,9-11,18H,5-8H2,(H,19,20,21). The number of thiazole rings is 1. The molecule has 0 bridgehead atoms. The van der Waals surface area contributed by atoms with Crippen LogP contribution < -0.4 is 10.6 Å². The fraction of sp³-hybridized carbons (Fsp3) is 0.294. The van der Waals surface area contributed by atoms with Crippen molar-refractivity contribution in [3.63, 3.8) is 0 Å². The Morgan fingerprint density at radius 2 is 2.13 bits per heavy atom. The molecule has 1 aliphatic rings. The van der Waals surface area contributed by atoms with Gasteiger partial charge in [-0.25, -0.2) is 4.98 Å². The number of benzene rings is 1. The van der Waals surface area contributed by atoms with E-state index in [1.807, 2.05) is 30.5 Å². The van der Waals surface area contributed by atoms with Gasteiger partial charge in [-0.2, -0.15) is 0 Å². The number of carbonyl (C=O) groups is 1. The van der Waals surface area contributed by atoms with Crippen LogP contribution in [0, 0.1) is 0 Å². The van der Waals surface area contributed by atoms with E-state index >= 15 is 0 Å². The van der Waals surface area contributed by atoms with E-state index in [1.165, 1.54) is 11.1 Å². The average Bonchev–Trinajstić information content (AvgIpc) is 3.22. The van der Waals surface area contributed by atoms with Crippen LogP contribution in [0.15, 0.2) is 41.1 Å². The summed E-state index contributed by atoms with van der Waals surface area (Å²) >= 11 is 1.57. The number of anilines is 1. The number of nitrogens with one attached hydrogen (secondary N) is 2.